The van der Waals surface area contributed by atoms with Gasteiger partial charge in [-0.25, -0.2) is 0 Å². The SMILES string of the molecule is C[C@@H](NC(=S)N1CCN(C)CC1)c1ccccc1. The summed E-state index contributed by atoms with van der Waals surface area (Å²) in [5.74, 6) is 0. The zero-order valence-corrected chi connectivity index (χ0v) is 11.9. The maximum absolute atomic E-state index is 5.49. The summed E-state index contributed by atoms with van der Waals surface area (Å²) in [6.07, 6.45) is 0. The van der Waals surface area contributed by atoms with E-state index in [2.05, 4.69) is 53.4 Å². The molecule has 0 bridgehead atoms. The van der Waals surface area contributed by atoms with Gasteiger partial charge in [0.05, 0.1) is 6.04 Å². The molecule has 1 saturated heterocycles. The fraction of sp³-hybridized carbons (Fsp3) is 0.500. The summed E-state index contributed by atoms with van der Waals surface area (Å²) in [7, 11) is 2.15. The molecule has 3 nitrogen and oxygen atoms in total. The molecule has 2 rings (SSSR count). The van der Waals surface area contributed by atoms with E-state index in [1.165, 1.54) is 5.56 Å². The van der Waals surface area contributed by atoms with Crippen LogP contribution in [0.5, 0.6) is 0 Å². The third-order valence-corrected chi connectivity index (χ3v) is 3.81. The minimum absolute atomic E-state index is 0.262. The monoisotopic (exact) mass is 263 g/mol. The fourth-order valence-corrected chi connectivity index (χ4v) is 2.47. The lowest BCUT2D eigenvalue weighted by molar-refractivity contribution is 0.213. The Morgan fingerprint density at radius 3 is 2.39 bits per heavy atom. The number of piperazine rings is 1. The highest BCUT2D eigenvalue weighted by molar-refractivity contribution is 7.80. The van der Waals surface area contributed by atoms with Crippen molar-refractivity contribution in [3.8, 4) is 0 Å². The van der Waals surface area contributed by atoms with Crippen molar-refractivity contribution in [3.05, 3.63) is 35.9 Å². The molecule has 1 aliphatic rings. The summed E-state index contributed by atoms with van der Waals surface area (Å²) >= 11 is 5.49. The first kappa shape index (κ1) is 13.3. The molecule has 0 unspecified atom stereocenters. The zero-order chi connectivity index (χ0) is 13.0. The van der Waals surface area contributed by atoms with Crippen LogP contribution >= 0.6 is 12.2 Å². The second-order valence-corrected chi connectivity index (χ2v) is 5.26. The number of hydrogen-bond donors (Lipinski definition) is 1. The number of thiocarbonyl (C=S) groups is 1. The molecule has 1 aromatic carbocycles. The quantitative estimate of drug-likeness (QED) is 0.821. The Hall–Kier alpha value is -1.13. The van der Waals surface area contributed by atoms with E-state index in [0.29, 0.717) is 0 Å². The molecule has 1 aliphatic heterocycles. The fourth-order valence-electron chi connectivity index (χ4n) is 2.11. The van der Waals surface area contributed by atoms with E-state index in [1.807, 2.05) is 6.07 Å². The van der Waals surface area contributed by atoms with E-state index < -0.39 is 0 Å². The standard InChI is InChI=1S/C14H21N3S/c1-12(13-6-4-3-5-7-13)15-14(18)17-10-8-16(2)9-11-17/h3-7,12H,8-11H2,1-2H3,(H,15,18)/t12-/m1/s1. The average molecular weight is 263 g/mol. The van der Waals surface area contributed by atoms with Gasteiger partial charge < -0.3 is 15.1 Å². The van der Waals surface area contributed by atoms with Gasteiger partial charge >= 0.3 is 0 Å². The van der Waals surface area contributed by atoms with Gasteiger partial charge in [0, 0.05) is 26.2 Å². The minimum atomic E-state index is 0.262. The summed E-state index contributed by atoms with van der Waals surface area (Å²) < 4.78 is 0. The van der Waals surface area contributed by atoms with Crippen molar-refractivity contribution >= 4 is 17.3 Å². The number of hydrogen-bond acceptors (Lipinski definition) is 2. The van der Waals surface area contributed by atoms with E-state index in [1.54, 1.807) is 0 Å². The van der Waals surface area contributed by atoms with Gasteiger partial charge in [0.2, 0.25) is 0 Å². The van der Waals surface area contributed by atoms with Crippen LogP contribution in [-0.2, 0) is 0 Å². The molecule has 1 heterocycles. The Morgan fingerprint density at radius 2 is 1.78 bits per heavy atom. The highest BCUT2D eigenvalue weighted by atomic mass is 32.1. The third kappa shape index (κ3) is 3.43. The van der Waals surface area contributed by atoms with E-state index in [9.17, 15) is 0 Å². The van der Waals surface area contributed by atoms with Crippen molar-refractivity contribution in [2.24, 2.45) is 0 Å². The molecule has 0 saturated carbocycles. The largest absolute Gasteiger partial charge is 0.356 e. The number of benzene rings is 1. The number of rotatable bonds is 2. The zero-order valence-electron chi connectivity index (χ0n) is 11.1. The molecule has 4 heteroatoms. The molecular weight excluding hydrogens is 242 g/mol. The molecule has 0 radical (unpaired) electrons. The van der Waals surface area contributed by atoms with Crippen LogP contribution in [0.25, 0.3) is 0 Å². The molecule has 0 aromatic heterocycles. The lowest BCUT2D eigenvalue weighted by Crippen LogP contribution is -2.50. The predicted molar refractivity (Wildman–Crippen MR) is 79.7 cm³/mol. The Balaban J connectivity index is 1.87. The maximum Gasteiger partial charge on any atom is 0.169 e. The van der Waals surface area contributed by atoms with Gasteiger partial charge in [0.1, 0.15) is 0 Å². The second-order valence-electron chi connectivity index (χ2n) is 4.87. The molecule has 1 atom stereocenters. The van der Waals surface area contributed by atoms with Crippen LogP contribution in [0, 0.1) is 0 Å². The smallest absolute Gasteiger partial charge is 0.169 e. The summed E-state index contributed by atoms with van der Waals surface area (Å²) in [6, 6.07) is 10.7. The number of nitrogens with one attached hydrogen (secondary N) is 1. The molecule has 1 aromatic rings. The molecule has 98 valence electrons. The Bertz CT molecular complexity index is 385. The third-order valence-electron chi connectivity index (χ3n) is 3.43. The van der Waals surface area contributed by atoms with Crippen molar-refractivity contribution in [2.45, 2.75) is 13.0 Å². The van der Waals surface area contributed by atoms with Crippen LogP contribution < -0.4 is 5.32 Å². The van der Waals surface area contributed by atoms with Crippen LogP contribution in [0.3, 0.4) is 0 Å². The highest BCUT2D eigenvalue weighted by Crippen LogP contribution is 2.12. The minimum Gasteiger partial charge on any atom is -0.356 e. The van der Waals surface area contributed by atoms with Crippen molar-refractivity contribution in [2.75, 3.05) is 33.2 Å². The first-order valence-corrected chi connectivity index (χ1v) is 6.86. The Labute approximate surface area is 115 Å². The van der Waals surface area contributed by atoms with Crippen molar-refractivity contribution in [1.29, 1.82) is 0 Å². The molecular formula is C14H21N3S. The lowest BCUT2D eigenvalue weighted by Gasteiger charge is -2.35. The normalized spacial score (nSPS) is 18.4. The van der Waals surface area contributed by atoms with E-state index in [0.717, 1.165) is 31.3 Å². The first-order valence-electron chi connectivity index (χ1n) is 6.46. The summed E-state index contributed by atoms with van der Waals surface area (Å²) in [6.45, 7) is 6.36. The van der Waals surface area contributed by atoms with Crippen LogP contribution in [0.15, 0.2) is 30.3 Å². The molecule has 0 amide bonds. The van der Waals surface area contributed by atoms with Crippen molar-refractivity contribution in [1.82, 2.24) is 15.1 Å². The van der Waals surface area contributed by atoms with Gasteiger partial charge in [0.15, 0.2) is 5.11 Å². The van der Waals surface area contributed by atoms with Gasteiger partial charge in [-0.3, -0.25) is 0 Å². The number of nitrogens with zero attached hydrogens (tertiary/aromatic N) is 2. The Kier molecular flexibility index (Phi) is 4.55. The van der Waals surface area contributed by atoms with Crippen LogP contribution in [0.2, 0.25) is 0 Å². The Morgan fingerprint density at radius 1 is 1.17 bits per heavy atom. The summed E-state index contributed by atoms with van der Waals surface area (Å²) in [4.78, 5) is 4.59. The summed E-state index contributed by atoms with van der Waals surface area (Å²) in [5.41, 5.74) is 1.27. The van der Waals surface area contributed by atoms with E-state index in [4.69, 9.17) is 12.2 Å². The lowest BCUT2D eigenvalue weighted by atomic mass is 10.1. The molecule has 0 spiro atoms. The van der Waals surface area contributed by atoms with Crippen molar-refractivity contribution < 1.29 is 0 Å². The summed E-state index contributed by atoms with van der Waals surface area (Å²) in [5, 5.41) is 4.29. The topological polar surface area (TPSA) is 18.5 Å². The molecule has 1 fully saturated rings. The van der Waals surface area contributed by atoms with Gasteiger partial charge in [-0.1, -0.05) is 30.3 Å². The van der Waals surface area contributed by atoms with Crippen molar-refractivity contribution in [3.63, 3.8) is 0 Å². The van der Waals surface area contributed by atoms with E-state index in [-0.39, 0.29) is 6.04 Å². The van der Waals surface area contributed by atoms with Gasteiger partial charge in [-0.2, -0.15) is 0 Å². The van der Waals surface area contributed by atoms with Gasteiger partial charge in [-0.05, 0) is 31.8 Å². The first-order chi connectivity index (χ1) is 8.66. The van der Waals surface area contributed by atoms with E-state index >= 15 is 0 Å². The molecule has 18 heavy (non-hydrogen) atoms. The van der Waals surface area contributed by atoms with Crippen LogP contribution in [0.4, 0.5) is 0 Å². The molecule has 1 N–H and O–H groups in total. The maximum atomic E-state index is 5.49. The van der Waals surface area contributed by atoms with Crippen LogP contribution in [-0.4, -0.2) is 48.1 Å². The van der Waals surface area contributed by atoms with Crippen LogP contribution in [0.1, 0.15) is 18.5 Å². The average Bonchev–Trinajstić information content (AvgIpc) is 2.40. The number of likely N-dealkylation sites (N-methyl/N-ethyl adjacent to an activating group) is 1. The van der Waals surface area contributed by atoms with Gasteiger partial charge in [-0.15, -0.1) is 0 Å². The highest BCUT2D eigenvalue weighted by Gasteiger charge is 2.17. The predicted octanol–water partition coefficient (Wildman–Crippen LogP) is 1.87. The molecule has 0 aliphatic carbocycles. The second kappa shape index (κ2) is 6.16. The van der Waals surface area contributed by atoms with Gasteiger partial charge in [0.25, 0.3) is 0 Å².